The molecule has 5 nitrogen and oxygen atoms in total. The molecule has 0 aliphatic carbocycles. The average Bonchev–Trinajstić information content (AvgIpc) is 3.03. The van der Waals surface area contributed by atoms with Crippen LogP contribution in [-0.2, 0) is 6.61 Å². The van der Waals surface area contributed by atoms with Crippen LogP contribution >= 0.6 is 15.9 Å². The fourth-order valence-electron chi connectivity index (χ4n) is 2.29. The van der Waals surface area contributed by atoms with Gasteiger partial charge in [-0.25, -0.2) is 4.39 Å². The summed E-state index contributed by atoms with van der Waals surface area (Å²) in [6.07, 6.45) is 0. The molecule has 0 unspecified atom stereocenters. The molecule has 0 N–H and O–H groups in total. The summed E-state index contributed by atoms with van der Waals surface area (Å²) in [5, 5.41) is 0. The number of halogens is 2. The topological polar surface area (TPSA) is 61.0 Å². The molecule has 0 amide bonds. The van der Waals surface area contributed by atoms with Crippen molar-refractivity contribution in [3.05, 3.63) is 70.6 Å². The predicted octanol–water partition coefficient (Wildman–Crippen LogP) is 4.77. The quantitative estimate of drug-likeness (QED) is 0.494. The van der Waals surface area contributed by atoms with Crippen LogP contribution in [-0.4, -0.2) is 15.0 Å². The van der Waals surface area contributed by atoms with E-state index in [1.807, 2.05) is 30.3 Å². The number of aromatic nitrogens is 3. The minimum Gasteiger partial charge on any atom is -0.471 e. The molecule has 25 heavy (non-hydrogen) atoms. The lowest BCUT2D eigenvalue weighted by molar-refractivity contribution is 0.291. The number of fused-ring (bicyclic) bond motifs is 1. The second-order valence-electron chi connectivity index (χ2n) is 5.25. The van der Waals surface area contributed by atoms with Crippen molar-refractivity contribution in [1.29, 1.82) is 0 Å². The number of hydrogen-bond acceptors (Lipinski definition) is 5. The number of hydrogen-bond donors (Lipinski definition) is 0. The summed E-state index contributed by atoms with van der Waals surface area (Å²) < 4.78 is 25.1. The number of rotatable bonds is 4. The van der Waals surface area contributed by atoms with Crippen LogP contribution < -0.4 is 4.74 Å². The molecule has 0 bridgehead atoms. The Morgan fingerprint density at radius 2 is 1.84 bits per heavy atom. The highest BCUT2D eigenvalue weighted by molar-refractivity contribution is 9.10. The van der Waals surface area contributed by atoms with Crippen molar-refractivity contribution in [2.45, 2.75) is 6.61 Å². The maximum atomic E-state index is 13.4. The third-order valence-corrected chi connectivity index (χ3v) is 3.98. The van der Waals surface area contributed by atoms with Crippen molar-refractivity contribution >= 4 is 27.3 Å². The summed E-state index contributed by atoms with van der Waals surface area (Å²) in [6.45, 7) is 0.355. The van der Waals surface area contributed by atoms with Crippen LogP contribution in [0.15, 0.2) is 63.6 Å². The average molecular weight is 400 g/mol. The lowest BCUT2D eigenvalue weighted by Gasteiger charge is -2.05. The molecule has 0 atom stereocenters. The van der Waals surface area contributed by atoms with E-state index in [1.54, 1.807) is 12.1 Å². The highest BCUT2D eigenvalue weighted by Gasteiger charge is 2.15. The monoisotopic (exact) mass is 399 g/mol. The third-order valence-electron chi connectivity index (χ3n) is 3.47. The Labute approximate surface area is 150 Å². The van der Waals surface area contributed by atoms with Gasteiger partial charge < -0.3 is 9.15 Å². The van der Waals surface area contributed by atoms with Crippen molar-refractivity contribution in [3.8, 4) is 17.3 Å². The first kappa shape index (κ1) is 15.7. The number of ether oxygens (including phenoxy) is 1. The standard InChI is InChI=1S/C18H11BrFN3O2/c19-14-17(24-10-11-5-2-1-3-6-11)23-15-18(21-14)25-16(22-15)12-7-4-8-13(20)9-12/h1-9H,10H2. The van der Waals surface area contributed by atoms with E-state index in [-0.39, 0.29) is 17.4 Å². The van der Waals surface area contributed by atoms with Gasteiger partial charge in [0.2, 0.25) is 17.4 Å². The molecule has 0 aliphatic heterocycles. The molecule has 0 fully saturated rings. The molecule has 0 aliphatic rings. The van der Waals surface area contributed by atoms with Gasteiger partial charge in [0.15, 0.2) is 4.60 Å². The van der Waals surface area contributed by atoms with E-state index in [0.29, 0.717) is 28.3 Å². The van der Waals surface area contributed by atoms with E-state index in [4.69, 9.17) is 9.15 Å². The van der Waals surface area contributed by atoms with Crippen molar-refractivity contribution in [2.24, 2.45) is 0 Å². The predicted molar refractivity (Wildman–Crippen MR) is 93.5 cm³/mol. The fourth-order valence-corrected chi connectivity index (χ4v) is 2.66. The van der Waals surface area contributed by atoms with Crippen LogP contribution in [0, 0.1) is 5.82 Å². The zero-order valence-corrected chi connectivity index (χ0v) is 14.4. The maximum absolute atomic E-state index is 13.4. The van der Waals surface area contributed by atoms with Gasteiger partial charge in [0.1, 0.15) is 12.4 Å². The molecule has 2 aromatic heterocycles. The van der Waals surface area contributed by atoms with E-state index in [1.165, 1.54) is 12.1 Å². The molecule has 2 heterocycles. The van der Waals surface area contributed by atoms with Crippen LogP contribution in [0.1, 0.15) is 5.56 Å². The first-order valence-corrected chi connectivity index (χ1v) is 8.25. The Morgan fingerprint density at radius 1 is 1.00 bits per heavy atom. The van der Waals surface area contributed by atoms with E-state index in [2.05, 4.69) is 30.9 Å². The van der Waals surface area contributed by atoms with Gasteiger partial charge >= 0.3 is 0 Å². The van der Waals surface area contributed by atoms with Gasteiger partial charge in [-0.15, -0.1) is 0 Å². The molecule has 4 aromatic rings. The van der Waals surface area contributed by atoms with E-state index < -0.39 is 0 Å². The minimum atomic E-state index is -0.367. The Morgan fingerprint density at radius 3 is 2.64 bits per heavy atom. The summed E-state index contributed by atoms with van der Waals surface area (Å²) in [4.78, 5) is 12.9. The van der Waals surface area contributed by atoms with E-state index in [0.717, 1.165) is 5.56 Å². The first-order valence-electron chi connectivity index (χ1n) is 7.46. The van der Waals surface area contributed by atoms with Gasteiger partial charge in [-0.3, -0.25) is 0 Å². The molecule has 124 valence electrons. The summed E-state index contributed by atoms with van der Waals surface area (Å²) in [7, 11) is 0. The molecular formula is C18H11BrFN3O2. The third kappa shape index (κ3) is 3.36. The Kier molecular flexibility index (Phi) is 4.15. The van der Waals surface area contributed by atoms with Gasteiger partial charge in [0.05, 0.1) is 0 Å². The Bertz CT molecular complexity index is 1040. The summed E-state index contributed by atoms with van der Waals surface area (Å²) in [5.41, 5.74) is 2.07. The largest absolute Gasteiger partial charge is 0.471 e. The van der Waals surface area contributed by atoms with E-state index >= 15 is 0 Å². The maximum Gasteiger partial charge on any atom is 0.268 e. The highest BCUT2D eigenvalue weighted by atomic mass is 79.9. The number of oxazole rings is 1. The molecule has 2 aromatic carbocycles. The second kappa shape index (κ2) is 6.60. The Balaban J connectivity index is 1.65. The second-order valence-corrected chi connectivity index (χ2v) is 6.00. The van der Waals surface area contributed by atoms with Crippen LogP contribution in [0.25, 0.3) is 22.8 Å². The summed E-state index contributed by atoms with van der Waals surface area (Å²) in [6, 6.07) is 15.7. The first-order chi connectivity index (χ1) is 12.2. The number of nitrogens with zero attached hydrogens (tertiary/aromatic N) is 3. The van der Waals surface area contributed by atoms with Crippen LogP contribution in [0.5, 0.6) is 5.88 Å². The Hall–Kier alpha value is -2.80. The molecule has 0 saturated carbocycles. The molecular weight excluding hydrogens is 389 g/mol. The van der Waals surface area contributed by atoms with Gasteiger partial charge in [-0.05, 0) is 39.7 Å². The van der Waals surface area contributed by atoms with Crippen LogP contribution in [0.3, 0.4) is 0 Å². The molecule has 0 spiro atoms. The number of benzene rings is 2. The van der Waals surface area contributed by atoms with Gasteiger partial charge in [0, 0.05) is 5.56 Å². The van der Waals surface area contributed by atoms with Crippen LogP contribution in [0.2, 0.25) is 0 Å². The summed E-state index contributed by atoms with van der Waals surface area (Å²) >= 11 is 3.32. The smallest absolute Gasteiger partial charge is 0.268 e. The SMILES string of the molecule is Fc1cccc(-c2nc3nc(OCc4ccccc4)c(Br)nc3o2)c1. The van der Waals surface area contributed by atoms with Gasteiger partial charge in [-0.2, -0.15) is 15.0 Å². The normalized spacial score (nSPS) is 11.0. The fraction of sp³-hybridized carbons (Fsp3) is 0.0556. The van der Waals surface area contributed by atoms with Crippen molar-refractivity contribution in [3.63, 3.8) is 0 Å². The van der Waals surface area contributed by atoms with Crippen molar-refractivity contribution in [2.75, 3.05) is 0 Å². The minimum absolute atomic E-state index is 0.248. The molecule has 7 heteroatoms. The van der Waals surface area contributed by atoms with Gasteiger partial charge in [-0.1, -0.05) is 36.4 Å². The summed E-state index contributed by atoms with van der Waals surface area (Å²) in [5.74, 6) is 0.200. The highest BCUT2D eigenvalue weighted by Crippen LogP contribution is 2.28. The van der Waals surface area contributed by atoms with Crippen molar-refractivity contribution < 1.29 is 13.5 Å². The lowest BCUT2D eigenvalue weighted by atomic mass is 10.2. The lowest BCUT2D eigenvalue weighted by Crippen LogP contribution is -1.99. The molecule has 4 rings (SSSR count). The van der Waals surface area contributed by atoms with Crippen LogP contribution in [0.4, 0.5) is 4.39 Å². The zero-order chi connectivity index (χ0) is 17.2. The molecule has 0 saturated heterocycles. The van der Waals surface area contributed by atoms with Crippen molar-refractivity contribution in [1.82, 2.24) is 15.0 Å². The van der Waals surface area contributed by atoms with E-state index in [9.17, 15) is 4.39 Å². The zero-order valence-electron chi connectivity index (χ0n) is 12.8. The van der Waals surface area contributed by atoms with Gasteiger partial charge in [0.25, 0.3) is 5.71 Å². The molecule has 0 radical (unpaired) electrons.